The van der Waals surface area contributed by atoms with Crippen molar-refractivity contribution in [1.82, 2.24) is 0 Å². The second kappa shape index (κ2) is 2.52. The predicted octanol–water partition coefficient (Wildman–Crippen LogP) is 2.77. The lowest BCUT2D eigenvalue weighted by molar-refractivity contribution is -0.0231. The molecule has 0 aromatic carbocycles. The lowest BCUT2D eigenvalue weighted by atomic mass is 9.97. The summed E-state index contributed by atoms with van der Waals surface area (Å²) in [7, 11) is 0. The Morgan fingerprint density at radius 3 is 2.56 bits per heavy atom. The van der Waals surface area contributed by atoms with Crippen LogP contribution in [0.5, 0.6) is 0 Å². The van der Waals surface area contributed by atoms with Crippen LogP contribution in [0.4, 0.5) is 8.78 Å². The van der Waals surface area contributed by atoms with Crippen LogP contribution < -0.4 is 0 Å². The maximum absolute atomic E-state index is 12.4. The minimum absolute atomic E-state index is 0.0229. The van der Waals surface area contributed by atoms with Crippen LogP contribution in [0.15, 0.2) is 0 Å². The number of alkyl halides is 3. The van der Waals surface area contributed by atoms with Gasteiger partial charge in [0.2, 0.25) is 5.92 Å². The Labute approximate surface area is 61.8 Å². The molecule has 1 atom stereocenters. The van der Waals surface area contributed by atoms with Gasteiger partial charge in [-0.1, -0.05) is 15.9 Å². The van der Waals surface area contributed by atoms with Crippen molar-refractivity contribution < 1.29 is 8.78 Å². The summed E-state index contributed by atoms with van der Waals surface area (Å²) in [6.07, 6.45) is 2.41. The van der Waals surface area contributed by atoms with Crippen LogP contribution in [-0.2, 0) is 0 Å². The van der Waals surface area contributed by atoms with E-state index in [-0.39, 0.29) is 17.7 Å². The zero-order valence-electron chi connectivity index (χ0n) is 4.91. The number of hydrogen-bond acceptors (Lipinski definition) is 0. The van der Waals surface area contributed by atoms with Crippen LogP contribution in [0.3, 0.4) is 0 Å². The molecule has 1 aliphatic carbocycles. The van der Waals surface area contributed by atoms with Crippen LogP contribution in [-0.4, -0.2) is 10.7 Å². The van der Waals surface area contributed by atoms with Crippen LogP contribution in [0.25, 0.3) is 0 Å². The molecule has 9 heavy (non-hydrogen) atoms. The largest absolute Gasteiger partial charge is 0.249 e. The van der Waals surface area contributed by atoms with Gasteiger partial charge in [0.1, 0.15) is 0 Å². The van der Waals surface area contributed by atoms with Gasteiger partial charge in [0.15, 0.2) is 0 Å². The van der Waals surface area contributed by atoms with Gasteiger partial charge in [0.25, 0.3) is 0 Å². The summed E-state index contributed by atoms with van der Waals surface area (Å²) < 4.78 is 24.8. The van der Waals surface area contributed by atoms with Crippen molar-refractivity contribution in [2.24, 2.45) is 0 Å². The molecule has 0 heterocycles. The minimum Gasteiger partial charge on any atom is -0.207 e. The number of hydrogen-bond donors (Lipinski definition) is 0. The summed E-state index contributed by atoms with van der Waals surface area (Å²) in [6.45, 7) is 0. The van der Waals surface area contributed by atoms with Gasteiger partial charge in [-0.15, -0.1) is 0 Å². The van der Waals surface area contributed by atoms with E-state index in [1.165, 1.54) is 0 Å². The van der Waals surface area contributed by atoms with Crippen molar-refractivity contribution in [2.75, 3.05) is 0 Å². The third-order valence-corrected chi connectivity index (χ3v) is 2.12. The van der Waals surface area contributed by atoms with E-state index in [2.05, 4.69) is 15.9 Å². The molecule has 0 amide bonds. The molecule has 1 unspecified atom stereocenters. The molecule has 1 aliphatic rings. The Morgan fingerprint density at radius 2 is 2.22 bits per heavy atom. The van der Waals surface area contributed by atoms with E-state index in [9.17, 15) is 8.78 Å². The van der Waals surface area contributed by atoms with Crippen molar-refractivity contribution in [3.63, 3.8) is 0 Å². The topological polar surface area (TPSA) is 0 Å². The molecule has 0 saturated heterocycles. The molecule has 0 N–H and O–H groups in total. The quantitative estimate of drug-likeness (QED) is 0.525. The molecule has 1 radical (unpaired) electrons. The first-order valence-electron chi connectivity index (χ1n) is 2.95. The second-order valence-corrected chi connectivity index (χ2v) is 3.53. The maximum Gasteiger partial charge on any atom is 0.249 e. The van der Waals surface area contributed by atoms with Gasteiger partial charge < -0.3 is 0 Å². The van der Waals surface area contributed by atoms with Crippen LogP contribution in [0.2, 0.25) is 0 Å². The van der Waals surface area contributed by atoms with Crippen molar-refractivity contribution >= 4 is 15.9 Å². The molecule has 1 fully saturated rings. The fourth-order valence-electron chi connectivity index (χ4n) is 0.946. The SMILES string of the molecule is FC1(F)CC[CH]C(Br)C1. The Hall–Kier alpha value is 0.340. The van der Waals surface area contributed by atoms with E-state index in [1.54, 1.807) is 0 Å². The number of rotatable bonds is 0. The second-order valence-electron chi connectivity index (χ2n) is 2.35. The van der Waals surface area contributed by atoms with E-state index in [4.69, 9.17) is 0 Å². The molecule has 0 spiro atoms. The van der Waals surface area contributed by atoms with Gasteiger partial charge in [0.05, 0.1) is 0 Å². The first kappa shape index (κ1) is 7.45. The Balaban J connectivity index is 2.41. The summed E-state index contributed by atoms with van der Waals surface area (Å²) in [5, 5.41) is 0. The summed E-state index contributed by atoms with van der Waals surface area (Å²) in [4.78, 5) is -0.0822. The third kappa shape index (κ3) is 2.20. The monoisotopic (exact) mass is 197 g/mol. The van der Waals surface area contributed by atoms with Gasteiger partial charge in [0, 0.05) is 17.7 Å². The van der Waals surface area contributed by atoms with Crippen LogP contribution in [0.1, 0.15) is 19.3 Å². The average Bonchev–Trinajstić information content (AvgIpc) is 1.60. The molecule has 0 nitrogen and oxygen atoms in total. The Morgan fingerprint density at radius 1 is 1.56 bits per heavy atom. The predicted molar refractivity (Wildman–Crippen MR) is 35.8 cm³/mol. The average molecular weight is 198 g/mol. The fraction of sp³-hybridized carbons (Fsp3) is 0.833. The molecule has 0 aromatic heterocycles. The Bertz CT molecular complexity index is 103. The van der Waals surface area contributed by atoms with Crippen LogP contribution >= 0.6 is 15.9 Å². The van der Waals surface area contributed by atoms with Crippen molar-refractivity contribution in [3.05, 3.63) is 6.42 Å². The third-order valence-electron chi connectivity index (χ3n) is 1.43. The minimum atomic E-state index is -2.43. The van der Waals surface area contributed by atoms with Gasteiger partial charge >= 0.3 is 0 Å². The maximum atomic E-state index is 12.4. The fourth-order valence-corrected chi connectivity index (χ4v) is 1.68. The van der Waals surface area contributed by atoms with Gasteiger partial charge in [-0.3, -0.25) is 0 Å². The first-order chi connectivity index (χ1) is 4.10. The molecule has 0 aromatic rings. The van der Waals surface area contributed by atoms with Gasteiger partial charge in [-0.05, 0) is 12.8 Å². The van der Waals surface area contributed by atoms with Crippen molar-refractivity contribution in [1.29, 1.82) is 0 Å². The summed E-state index contributed by atoms with van der Waals surface area (Å²) in [5.41, 5.74) is 0. The molecule has 53 valence electrons. The molecule has 0 aliphatic heterocycles. The van der Waals surface area contributed by atoms with E-state index >= 15 is 0 Å². The highest BCUT2D eigenvalue weighted by Crippen LogP contribution is 2.35. The zero-order chi connectivity index (χ0) is 6.91. The van der Waals surface area contributed by atoms with E-state index in [0.717, 1.165) is 0 Å². The van der Waals surface area contributed by atoms with Crippen molar-refractivity contribution in [2.45, 2.75) is 30.0 Å². The summed E-state index contributed by atoms with van der Waals surface area (Å²) in [5.74, 6) is -2.43. The smallest absolute Gasteiger partial charge is 0.207 e. The normalized spacial score (nSPS) is 34.3. The highest BCUT2D eigenvalue weighted by molar-refractivity contribution is 9.09. The number of halogens is 3. The van der Waals surface area contributed by atoms with Gasteiger partial charge in [-0.25, -0.2) is 8.78 Å². The Kier molecular flexibility index (Phi) is 2.09. The van der Waals surface area contributed by atoms with Crippen LogP contribution in [0, 0.1) is 6.42 Å². The first-order valence-corrected chi connectivity index (χ1v) is 3.87. The summed E-state index contributed by atoms with van der Waals surface area (Å²) in [6, 6.07) is 0. The summed E-state index contributed by atoms with van der Waals surface area (Å²) >= 11 is 3.13. The highest BCUT2D eigenvalue weighted by atomic mass is 79.9. The highest BCUT2D eigenvalue weighted by Gasteiger charge is 2.34. The molecule has 1 saturated carbocycles. The zero-order valence-corrected chi connectivity index (χ0v) is 6.50. The molecular formula is C6H8BrF2. The molecular weight excluding hydrogens is 190 g/mol. The lowest BCUT2D eigenvalue weighted by Gasteiger charge is -2.24. The molecule has 0 bridgehead atoms. The van der Waals surface area contributed by atoms with E-state index < -0.39 is 5.92 Å². The lowest BCUT2D eigenvalue weighted by Crippen LogP contribution is -2.26. The standard InChI is InChI=1S/C6H8BrF2/c7-5-2-1-3-6(8,9)4-5/h2,5H,1,3-4H2. The van der Waals surface area contributed by atoms with E-state index in [1.807, 2.05) is 6.42 Å². The van der Waals surface area contributed by atoms with E-state index in [0.29, 0.717) is 6.42 Å². The van der Waals surface area contributed by atoms with Crippen molar-refractivity contribution in [3.8, 4) is 0 Å². The molecule has 3 heteroatoms. The van der Waals surface area contributed by atoms with Gasteiger partial charge in [-0.2, -0.15) is 0 Å². The molecule has 1 rings (SSSR count).